The fourth-order valence-electron chi connectivity index (χ4n) is 10.0. The molecule has 6 rings (SSSR count). The van der Waals surface area contributed by atoms with E-state index in [2.05, 4.69) is 13.8 Å². The number of esters is 2. The fourth-order valence-corrected chi connectivity index (χ4v) is 10.0. The van der Waals surface area contributed by atoms with Crippen molar-refractivity contribution in [1.82, 2.24) is 0 Å². The van der Waals surface area contributed by atoms with Crippen molar-refractivity contribution in [3.05, 3.63) is 36.3 Å². The van der Waals surface area contributed by atoms with Crippen LogP contribution in [0.3, 0.4) is 0 Å². The molecule has 38 heavy (non-hydrogen) atoms. The van der Waals surface area contributed by atoms with E-state index in [1.807, 2.05) is 32.9 Å². The summed E-state index contributed by atoms with van der Waals surface area (Å²) in [4.78, 5) is 52.4. The van der Waals surface area contributed by atoms with E-state index in [4.69, 9.17) is 18.6 Å². The zero-order valence-electron chi connectivity index (χ0n) is 23.0. The highest BCUT2D eigenvalue weighted by Gasteiger charge is 2.91. The van der Waals surface area contributed by atoms with E-state index in [9.17, 15) is 19.2 Å². The number of carbonyl (C=O) groups excluding carboxylic acids is 4. The van der Waals surface area contributed by atoms with Gasteiger partial charge in [0.1, 0.15) is 23.9 Å². The average molecular weight is 525 g/mol. The van der Waals surface area contributed by atoms with Crippen molar-refractivity contribution in [2.45, 2.75) is 91.1 Å². The number of carbonyl (C=O) groups is 4. The molecule has 0 aromatic carbocycles. The minimum atomic E-state index is -0.937. The van der Waals surface area contributed by atoms with Crippen LogP contribution in [0.1, 0.15) is 72.8 Å². The highest BCUT2D eigenvalue weighted by atomic mass is 16.6. The van der Waals surface area contributed by atoms with Crippen molar-refractivity contribution >= 4 is 23.5 Å². The van der Waals surface area contributed by atoms with E-state index in [0.717, 1.165) is 12.0 Å². The molecule has 1 aromatic rings. The number of ketones is 2. The van der Waals surface area contributed by atoms with Crippen LogP contribution in [0.25, 0.3) is 0 Å². The van der Waals surface area contributed by atoms with Crippen LogP contribution in [0.15, 0.2) is 35.2 Å². The summed E-state index contributed by atoms with van der Waals surface area (Å²) < 4.78 is 24.1. The summed E-state index contributed by atoms with van der Waals surface area (Å²) in [5, 5.41) is 0. The van der Waals surface area contributed by atoms with Gasteiger partial charge in [0.15, 0.2) is 11.6 Å². The first-order valence-corrected chi connectivity index (χ1v) is 13.5. The molecule has 10 atom stereocenters. The minimum Gasteiger partial charge on any atom is -0.472 e. The number of rotatable bonds is 3. The smallest absolute Gasteiger partial charge is 0.303 e. The van der Waals surface area contributed by atoms with E-state index < -0.39 is 69.3 Å². The second-order valence-electron chi connectivity index (χ2n) is 13.3. The Kier molecular flexibility index (Phi) is 5.01. The molecular weight excluding hydrogens is 488 g/mol. The zero-order chi connectivity index (χ0) is 27.6. The number of fused-ring (bicyclic) bond motifs is 3. The van der Waals surface area contributed by atoms with Gasteiger partial charge in [-0.2, -0.15) is 0 Å². The van der Waals surface area contributed by atoms with Crippen LogP contribution in [-0.4, -0.2) is 47.4 Å². The Morgan fingerprint density at radius 1 is 1.03 bits per heavy atom. The SMILES string of the molecule is CC(=O)OC1C2C(C)(C)C(=O)C=CC2(C)C2CCC3(C)C(c4ccoc4)C(=O)C4OC43C2(C)C1OC(C)=O. The summed E-state index contributed by atoms with van der Waals surface area (Å²) in [5.41, 5.74) is -3.08. The minimum absolute atomic E-state index is 0.00311. The van der Waals surface area contributed by atoms with E-state index in [0.29, 0.717) is 6.42 Å². The summed E-state index contributed by atoms with van der Waals surface area (Å²) in [6.45, 7) is 12.7. The molecule has 1 saturated heterocycles. The highest BCUT2D eigenvalue weighted by molar-refractivity contribution is 5.99. The number of Topliss-reactive ketones (excluding diaryl/α,β-unsaturated/α-hetero) is 1. The number of ether oxygens (including phenoxy) is 3. The molecule has 8 nitrogen and oxygen atoms in total. The van der Waals surface area contributed by atoms with Gasteiger partial charge in [0.2, 0.25) is 0 Å². The number of epoxide rings is 1. The lowest BCUT2D eigenvalue weighted by atomic mass is 9.36. The molecule has 1 aromatic heterocycles. The summed E-state index contributed by atoms with van der Waals surface area (Å²) in [7, 11) is 0. The molecule has 0 N–H and O–H groups in total. The first-order chi connectivity index (χ1) is 17.7. The molecule has 8 heteroatoms. The second-order valence-corrected chi connectivity index (χ2v) is 13.3. The van der Waals surface area contributed by atoms with Crippen molar-refractivity contribution in [1.29, 1.82) is 0 Å². The molecule has 5 aliphatic rings. The van der Waals surface area contributed by atoms with Gasteiger partial charge >= 0.3 is 11.9 Å². The summed E-state index contributed by atoms with van der Waals surface area (Å²) in [6, 6.07) is 1.84. The van der Waals surface area contributed by atoms with Gasteiger partial charge in [-0.05, 0) is 36.3 Å². The van der Waals surface area contributed by atoms with Crippen LogP contribution in [0.5, 0.6) is 0 Å². The molecule has 0 radical (unpaired) electrons. The number of allylic oxidation sites excluding steroid dienone is 2. The average Bonchev–Trinajstić information content (AvgIpc) is 3.30. The third-order valence-corrected chi connectivity index (χ3v) is 11.2. The van der Waals surface area contributed by atoms with Crippen molar-refractivity contribution in [3.8, 4) is 0 Å². The van der Waals surface area contributed by atoms with Gasteiger partial charge in [0.05, 0.1) is 18.4 Å². The molecule has 204 valence electrons. The molecule has 0 bridgehead atoms. The van der Waals surface area contributed by atoms with Crippen LogP contribution < -0.4 is 0 Å². The predicted octanol–water partition coefficient (Wildman–Crippen LogP) is 4.17. The van der Waals surface area contributed by atoms with Gasteiger partial charge < -0.3 is 18.6 Å². The fraction of sp³-hybridized carbons (Fsp3) is 0.667. The first kappa shape index (κ1) is 25.5. The lowest BCUT2D eigenvalue weighted by Crippen LogP contribution is -2.75. The first-order valence-electron chi connectivity index (χ1n) is 13.5. The van der Waals surface area contributed by atoms with Crippen LogP contribution in [-0.2, 0) is 33.4 Å². The standard InChI is InChI=1S/C30H36O8/c1-15(31)36-22-23-26(3,4)19(33)9-11-27(23,5)18-8-12-28(6)20(17-10-13-35-14-17)21(34)24-30(28,38-24)29(18,7)25(22)37-16(2)32/h9-11,13-14,18,20,22-25H,8,12H2,1-7H3. The number of hydrogen-bond donors (Lipinski definition) is 0. The van der Waals surface area contributed by atoms with Crippen molar-refractivity contribution < 1.29 is 37.8 Å². The molecule has 0 amide bonds. The van der Waals surface area contributed by atoms with Gasteiger partial charge in [0, 0.05) is 41.6 Å². The van der Waals surface area contributed by atoms with Gasteiger partial charge in [-0.3, -0.25) is 19.2 Å². The maximum Gasteiger partial charge on any atom is 0.303 e. The summed E-state index contributed by atoms with van der Waals surface area (Å²) >= 11 is 0. The Balaban J connectivity index is 1.61. The van der Waals surface area contributed by atoms with Gasteiger partial charge in [-0.1, -0.05) is 40.7 Å². The van der Waals surface area contributed by atoms with Crippen LogP contribution in [0.4, 0.5) is 0 Å². The van der Waals surface area contributed by atoms with E-state index >= 15 is 0 Å². The molecule has 4 fully saturated rings. The van der Waals surface area contributed by atoms with E-state index in [1.54, 1.807) is 18.6 Å². The molecule has 4 aliphatic carbocycles. The van der Waals surface area contributed by atoms with Crippen LogP contribution >= 0.6 is 0 Å². The lowest BCUT2D eigenvalue weighted by Gasteiger charge is -2.68. The van der Waals surface area contributed by atoms with Crippen LogP contribution in [0.2, 0.25) is 0 Å². The molecule has 2 heterocycles. The Morgan fingerprint density at radius 2 is 1.71 bits per heavy atom. The number of hydrogen-bond acceptors (Lipinski definition) is 8. The van der Waals surface area contributed by atoms with Crippen molar-refractivity contribution in [2.75, 3.05) is 0 Å². The molecule has 1 spiro atoms. The maximum absolute atomic E-state index is 13.9. The summed E-state index contributed by atoms with van der Waals surface area (Å²) in [6.07, 6.45) is 5.77. The van der Waals surface area contributed by atoms with E-state index in [1.165, 1.54) is 13.8 Å². The quantitative estimate of drug-likeness (QED) is 0.428. The molecule has 10 unspecified atom stereocenters. The second kappa shape index (κ2) is 7.46. The topological polar surface area (TPSA) is 112 Å². The lowest BCUT2D eigenvalue weighted by molar-refractivity contribution is -0.272. The number of furan rings is 1. The Hall–Kier alpha value is -2.74. The Morgan fingerprint density at radius 3 is 2.32 bits per heavy atom. The Labute approximate surface area is 222 Å². The zero-order valence-corrected chi connectivity index (χ0v) is 23.0. The molecule has 1 aliphatic heterocycles. The molecule has 3 saturated carbocycles. The normalized spacial score (nSPS) is 47.9. The van der Waals surface area contributed by atoms with Gasteiger partial charge in [0.25, 0.3) is 0 Å². The largest absolute Gasteiger partial charge is 0.472 e. The summed E-state index contributed by atoms with van der Waals surface area (Å²) in [5.74, 6) is -2.07. The van der Waals surface area contributed by atoms with Crippen molar-refractivity contribution in [2.24, 2.45) is 33.5 Å². The van der Waals surface area contributed by atoms with Gasteiger partial charge in [-0.15, -0.1) is 0 Å². The monoisotopic (exact) mass is 524 g/mol. The van der Waals surface area contributed by atoms with Gasteiger partial charge in [-0.25, -0.2) is 0 Å². The Bertz CT molecular complexity index is 1280. The highest BCUT2D eigenvalue weighted by Crippen LogP contribution is 2.81. The predicted molar refractivity (Wildman–Crippen MR) is 134 cm³/mol. The maximum atomic E-state index is 13.9. The third kappa shape index (κ3) is 2.70. The van der Waals surface area contributed by atoms with Crippen LogP contribution in [0, 0.1) is 33.5 Å². The molecular formula is C30H36O8. The van der Waals surface area contributed by atoms with Crippen molar-refractivity contribution in [3.63, 3.8) is 0 Å². The third-order valence-electron chi connectivity index (χ3n) is 11.2. The van der Waals surface area contributed by atoms with E-state index in [-0.39, 0.29) is 17.5 Å².